The van der Waals surface area contributed by atoms with Gasteiger partial charge in [0.25, 0.3) is 0 Å². The Balaban J connectivity index is 1.95. The summed E-state index contributed by atoms with van der Waals surface area (Å²) < 4.78 is 5.31. The summed E-state index contributed by atoms with van der Waals surface area (Å²) in [5, 5.41) is 0. The van der Waals surface area contributed by atoms with Crippen LogP contribution in [-0.4, -0.2) is 19.0 Å². The zero-order valence-electron chi connectivity index (χ0n) is 5.47. The van der Waals surface area contributed by atoms with Gasteiger partial charge in [-0.25, -0.2) is 0 Å². The van der Waals surface area contributed by atoms with Gasteiger partial charge >= 0.3 is 0 Å². The van der Waals surface area contributed by atoms with Crippen LogP contribution < -0.4 is 0 Å². The minimum atomic E-state index is 0.701. The highest BCUT2D eigenvalue weighted by Gasteiger charge is 2.26. The van der Waals surface area contributed by atoms with Gasteiger partial charge in [0.15, 0.2) is 5.90 Å². The molecule has 0 aromatic rings. The van der Waals surface area contributed by atoms with Crippen molar-refractivity contribution in [2.75, 3.05) is 13.2 Å². The van der Waals surface area contributed by atoms with Crippen LogP contribution in [0.1, 0.15) is 19.3 Å². The Labute approximate surface area is 54.9 Å². The van der Waals surface area contributed by atoms with E-state index in [2.05, 4.69) is 4.99 Å². The van der Waals surface area contributed by atoms with Crippen molar-refractivity contribution in [2.24, 2.45) is 10.9 Å². The Morgan fingerprint density at radius 1 is 1.44 bits per heavy atom. The summed E-state index contributed by atoms with van der Waals surface area (Å²) in [6.45, 7) is 1.72. The van der Waals surface area contributed by atoms with Crippen LogP contribution >= 0.6 is 0 Å². The molecule has 1 saturated carbocycles. The molecule has 2 rings (SSSR count). The van der Waals surface area contributed by atoms with E-state index in [1.165, 1.54) is 19.3 Å². The normalized spacial score (nSPS) is 26.9. The number of hydrogen-bond donors (Lipinski definition) is 0. The fourth-order valence-electron chi connectivity index (χ4n) is 1.25. The number of nitrogens with zero attached hydrogens (tertiary/aromatic N) is 1. The molecule has 2 aliphatic rings. The zero-order chi connectivity index (χ0) is 6.10. The first-order chi connectivity index (χ1) is 4.47. The molecule has 50 valence electrons. The molecule has 1 aliphatic carbocycles. The van der Waals surface area contributed by atoms with E-state index in [0.717, 1.165) is 19.0 Å². The summed E-state index contributed by atoms with van der Waals surface area (Å²) in [7, 11) is 0. The summed E-state index contributed by atoms with van der Waals surface area (Å²) in [4.78, 5) is 4.25. The van der Waals surface area contributed by atoms with E-state index in [9.17, 15) is 0 Å². The molecule has 0 aromatic carbocycles. The summed E-state index contributed by atoms with van der Waals surface area (Å²) in [5.41, 5.74) is 0. The molecule has 1 aliphatic heterocycles. The van der Waals surface area contributed by atoms with Crippen LogP contribution in [0.25, 0.3) is 0 Å². The van der Waals surface area contributed by atoms with Crippen LogP contribution in [0, 0.1) is 5.92 Å². The van der Waals surface area contributed by atoms with Gasteiger partial charge < -0.3 is 4.74 Å². The van der Waals surface area contributed by atoms with E-state index in [1.807, 2.05) is 0 Å². The monoisotopic (exact) mass is 125 g/mol. The molecule has 9 heavy (non-hydrogen) atoms. The molecule has 2 nitrogen and oxygen atoms in total. The first kappa shape index (κ1) is 5.27. The topological polar surface area (TPSA) is 21.6 Å². The molecule has 0 atom stereocenters. The molecular formula is C7H11NO. The first-order valence-electron chi connectivity index (χ1n) is 3.64. The van der Waals surface area contributed by atoms with E-state index in [-0.39, 0.29) is 0 Å². The Kier molecular flexibility index (Phi) is 1.18. The van der Waals surface area contributed by atoms with Crippen LogP contribution in [0.5, 0.6) is 0 Å². The molecule has 0 unspecified atom stereocenters. The van der Waals surface area contributed by atoms with Crippen molar-refractivity contribution in [2.45, 2.75) is 19.3 Å². The third-order valence-electron chi connectivity index (χ3n) is 2.06. The lowest BCUT2D eigenvalue weighted by Gasteiger charge is -2.23. The fourth-order valence-corrected chi connectivity index (χ4v) is 1.25. The third-order valence-corrected chi connectivity index (χ3v) is 2.06. The van der Waals surface area contributed by atoms with Gasteiger partial charge in [0, 0.05) is 5.92 Å². The van der Waals surface area contributed by atoms with Gasteiger partial charge in [-0.15, -0.1) is 0 Å². The molecule has 1 heterocycles. The second-order valence-corrected chi connectivity index (χ2v) is 2.70. The van der Waals surface area contributed by atoms with Crippen LogP contribution in [0.2, 0.25) is 0 Å². The molecule has 0 aromatic heterocycles. The largest absolute Gasteiger partial charge is 0.479 e. The van der Waals surface area contributed by atoms with Gasteiger partial charge in [0.05, 0.1) is 6.54 Å². The Morgan fingerprint density at radius 2 is 2.33 bits per heavy atom. The highest BCUT2D eigenvalue weighted by Crippen LogP contribution is 2.29. The van der Waals surface area contributed by atoms with E-state index in [1.54, 1.807) is 0 Å². The maximum absolute atomic E-state index is 5.31. The van der Waals surface area contributed by atoms with Gasteiger partial charge in [-0.1, -0.05) is 6.42 Å². The molecule has 0 amide bonds. The van der Waals surface area contributed by atoms with Crippen molar-refractivity contribution in [3.63, 3.8) is 0 Å². The molecule has 1 fully saturated rings. The van der Waals surface area contributed by atoms with Crippen molar-refractivity contribution >= 4 is 5.90 Å². The highest BCUT2D eigenvalue weighted by atomic mass is 16.5. The van der Waals surface area contributed by atoms with Crippen LogP contribution in [0.4, 0.5) is 0 Å². The lowest BCUT2D eigenvalue weighted by atomic mass is 9.85. The Hall–Kier alpha value is -0.530. The van der Waals surface area contributed by atoms with Gasteiger partial charge in [-0.2, -0.15) is 0 Å². The average Bonchev–Trinajstić information content (AvgIpc) is 2.11. The average molecular weight is 125 g/mol. The Bertz CT molecular complexity index is 138. The molecule has 0 spiro atoms. The number of ether oxygens (including phenoxy) is 1. The second-order valence-electron chi connectivity index (χ2n) is 2.70. The van der Waals surface area contributed by atoms with Crippen molar-refractivity contribution in [3.05, 3.63) is 0 Å². The minimum Gasteiger partial charge on any atom is -0.479 e. The third kappa shape index (κ3) is 0.824. The first-order valence-corrected chi connectivity index (χ1v) is 3.64. The van der Waals surface area contributed by atoms with Crippen LogP contribution in [-0.2, 0) is 4.74 Å². The van der Waals surface area contributed by atoms with Gasteiger partial charge in [0.1, 0.15) is 6.61 Å². The van der Waals surface area contributed by atoms with Crippen molar-refractivity contribution in [1.29, 1.82) is 0 Å². The maximum Gasteiger partial charge on any atom is 0.186 e. The van der Waals surface area contributed by atoms with Gasteiger partial charge in [0.2, 0.25) is 0 Å². The highest BCUT2D eigenvalue weighted by molar-refractivity contribution is 5.80. The lowest BCUT2D eigenvalue weighted by molar-refractivity contribution is 0.283. The summed E-state index contributed by atoms with van der Waals surface area (Å²) in [5.74, 6) is 1.74. The number of aliphatic imine (C=N–C) groups is 1. The number of rotatable bonds is 1. The minimum absolute atomic E-state index is 0.701. The van der Waals surface area contributed by atoms with E-state index >= 15 is 0 Å². The van der Waals surface area contributed by atoms with E-state index in [0.29, 0.717) is 5.92 Å². The number of hydrogen-bond acceptors (Lipinski definition) is 2. The SMILES string of the molecule is C1CC(C2=NCCO2)C1. The summed E-state index contributed by atoms with van der Waals surface area (Å²) in [6.07, 6.45) is 3.98. The van der Waals surface area contributed by atoms with Crippen LogP contribution in [0.3, 0.4) is 0 Å². The molecule has 0 radical (unpaired) electrons. The predicted molar refractivity (Wildman–Crippen MR) is 35.6 cm³/mol. The Morgan fingerprint density at radius 3 is 2.78 bits per heavy atom. The standard InChI is InChI=1S/C7H11NO/c1-2-6(3-1)7-8-4-5-9-7/h6H,1-5H2. The smallest absolute Gasteiger partial charge is 0.186 e. The van der Waals surface area contributed by atoms with Crippen molar-refractivity contribution in [1.82, 2.24) is 0 Å². The quantitative estimate of drug-likeness (QED) is 0.516. The maximum atomic E-state index is 5.31. The molecule has 0 saturated heterocycles. The predicted octanol–water partition coefficient (Wildman–Crippen LogP) is 1.22. The van der Waals surface area contributed by atoms with E-state index in [4.69, 9.17) is 4.74 Å². The molecule has 0 N–H and O–H groups in total. The summed E-state index contributed by atoms with van der Waals surface area (Å²) in [6, 6.07) is 0. The van der Waals surface area contributed by atoms with Crippen LogP contribution in [0.15, 0.2) is 4.99 Å². The fraction of sp³-hybridized carbons (Fsp3) is 0.857. The van der Waals surface area contributed by atoms with Crippen molar-refractivity contribution < 1.29 is 4.74 Å². The zero-order valence-corrected chi connectivity index (χ0v) is 5.47. The lowest BCUT2D eigenvalue weighted by Crippen LogP contribution is -2.21. The molecule has 0 bridgehead atoms. The molecular weight excluding hydrogens is 114 g/mol. The van der Waals surface area contributed by atoms with Gasteiger partial charge in [-0.3, -0.25) is 4.99 Å². The molecule has 2 heteroatoms. The van der Waals surface area contributed by atoms with E-state index < -0.39 is 0 Å². The summed E-state index contributed by atoms with van der Waals surface area (Å²) >= 11 is 0. The van der Waals surface area contributed by atoms with Gasteiger partial charge in [-0.05, 0) is 12.8 Å². The second kappa shape index (κ2) is 2.01. The van der Waals surface area contributed by atoms with Crippen molar-refractivity contribution in [3.8, 4) is 0 Å².